The maximum absolute atomic E-state index is 12.8. The zero-order chi connectivity index (χ0) is 23.3. The molecular weight excluding hydrogens is 428 g/mol. The van der Waals surface area contributed by atoms with Gasteiger partial charge in [0.25, 0.3) is 5.91 Å². The summed E-state index contributed by atoms with van der Waals surface area (Å²) in [6.45, 7) is 1.74. The zero-order valence-electron chi connectivity index (χ0n) is 17.7. The molecule has 0 fully saturated rings. The van der Waals surface area contributed by atoms with Crippen LogP contribution in [0.15, 0.2) is 60.1 Å². The number of esters is 1. The van der Waals surface area contributed by atoms with E-state index in [0.717, 1.165) is 10.3 Å². The van der Waals surface area contributed by atoms with Crippen LogP contribution in [0.25, 0.3) is 11.3 Å². The van der Waals surface area contributed by atoms with Crippen molar-refractivity contribution in [1.29, 1.82) is 5.41 Å². The fourth-order valence-corrected chi connectivity index (χ4v) is 4.16. The van der Waals surface area contributed by atoms with Crippen LogP contribution in [0.4, 0.5) is 0 Å². The Morgan fingerprint density at radius 3 is 2.72 bits per heavy atom. The lowest BCUT2D eigenvalue weighted by Crippen LogP contribution is -2.42. The average molecular weight is 453 g/mol. The van der Waals surface area contributed by atoms with Crippen LogP contribution in [0.3, 0.4) is 0 Å². The van der Waals surface area contributed by atoms with Gasteiger partial charge in [0.15, 0.2) is 6.20 Å². The monoisotopic (exact) mass is 452 g/mol. The number of amides is 1. The number of nitrogens with one attached hydrogen (secondary N) is 2. The first-order valence-electron chi connectivity index (χ1n) is 9.89. The summed E-state index contributed by atoms with van der Waals surface area (Å²) >= 11 is 1.22. The van der Waals surface area contributed by atoms with Crippen molar-refractivity contribution in [2.75, 3.05) is 7.11 Å². The second-order valence-corrected chi connectivity index (χ2v) is 8.23. The number of methoxy groups -OCH3 is 1. The molecule has 2 heterocycles. The predicted molar refractivity (Wildman–Crippen MR) is 122 cm³/mol. The maximum atomic E-state index is 12.8. The van der Waals surface area contributed by atoms with Gasteiger partial charge in [0.1, 0.15) is 5.84 Å². The Balaban J connectivity index is 1.75. The molecule has 1 aromatic carbocycles. The summed E-state index contributed by atoms with van der Waals surface area (Å²) in [6.07, 6.45) is 1.71. The average Bonchev–Trinajstić information content (AvgIpc) is 3.27. The number of nitrogens with zero attached hydrogens (tertiary/aromatic N) is 1. The van der Waals surface area contributed by atoms with Gasteiger partial charge in [-0.25, -0.2) is 0 Å². The van der Waals surface area contributed by atoms with Crippen molar-refractivity contribution < 1.29 is 19.1 Å². The van der Waals surface area contributed by atoms with Gasteiger partial charge in [0.2, 0.25) is 5.69 Å². The molecule has 3 aromatic rings. The van der Waals surface area contributed by atoms with E-state index < -0.39 is 17.9 Å². The standard InChI is InChI=1S/C23H24N4O4S/c1-14(18(23(29)31-2)11-15-6-5-7-16(10-15)21(24)25)26-22(28)20-12-17(13-32-20)19-8-3-4-9-27(19)30/h3-10,12-14,18H,11H2,1-2H3,(H3,24,25)(H,26,28). The minimum atomic E-state index is -0.636. The van der Waals surface area contributed by atoms with Gasteiger partial charge >= 0.3 is 5.97 Å². The van der Waals surface area contributed by atoms with Gasteiger partial charge < -0.3 is 21.0 Å². The van der Waals surface area contributed by atoms with E-state index >= 15 is 0 Å². The van der Waals surface area contributed by atoms with Crippen molar-refractivity contribution in [2.24, 2.45) is 11.7 Å². The second-order valence-electron chi connectivity index (χ2n) is 7.32. The van der Waals surface area contributed by atoms with Crippen LogP contribution in [0.2, 0.25) is 0 Å². The normalized spacial score (nSPS) is 12.6. The van der Waals surface area contributed by atoms with Crippen LogP contribution in [0.1, 0.15) is 27.7 Å². The van der Waals surface area contributed by atoms with Crippen LogP contribution >= 0.6 is 11.3 Å². The van der Waals surface area contributed by atoms with Crippen LogP contribution in [0.5, 0.6) is 0 Å². The first-order chi connectivity index (χ1) is 15.3. The minimum Gasteiger partial charge on any atom is -0.618 e. The van der Waals surface area contributed by atoms with E-state index in [4.69, 9.17) is 15.9 Å². The van der Waals surface area contributed by atoms with Crippen molar-refractivity contribution >= 4 is 29.0 Å². The van der Waals surface area contributed by atoms with Crippen LogP contribution < -0.4 is 15.8 Å². The molecule has 2 unspecified atom stereocenters. The number of aromatic nitrogens is 1. The number of nitrogen functional groups attached to an aromatic ring is 1. The van der Waals surface area contributed by atoms with Crippen molar-refractivity contribution in [1.82, 2.24) is 5.32 Å². The first kappa shape index (κ1) is 23.0. The Morgan fingerprint density at radius 1 is 1.25 bits per heavy atom. The molecule has 0 radical (unpaired) electrons. The highest BCUT2D eigenvalue weighted by molar-refractivity contribution is 7.12. The van der Waals surface area contributed by atoms with Crippen molar-refractivity contribution in [3.63, 3.8) is 0 Å². The van der Waals surface area contributed by atoms with Crippen LogP contribution in [0, 0.1) is 16.5 Å². The van der Waals surface area contributed by atoms with Crippen LogP contribution in [-0.2, 0) is 16.0 Å². The number of carbonyl (C=O) groups is 2. The minimum absolute atomic E-state index is 0.0610. The fourth-order valence-electron chi connectivity index (χ4n) is 3.36. The molecule has 9 heteroatoms. The van der Waals surface area contributed by atoms with Crippen molar-refractivity contribution in [2.45, 2.75) is 19.4 Å². The number of rotatable bonds is 8. The third-order valence-electron chi connectivity index (χ3n) is 5.10. The lowest BCUT2D eigenvalue weighted by Gasteiger charge is -2.23. The van der Waals surface area contributed by atoms with E-state index in [1.165, 1.54) is 24.6 Å². The molecule has 8 nitrogen and oxygen atoms in total. The lowest BCUT2D eigenvalue weighted by atomic mass is 9.92. The molecule has 0 aliphatic heterocycles. The van der Waals surface area contributed by atoms with E-state index in [0.29, 0.717) is 28.1 Å². The molecule has 3 rings (SSSR count). The molecular formula is C23H24N4O4S. The Bertz CT molecular complexity index is 1140. The van der Waals surface area contributed by atoms with Crippen molar-refractivity contribution in [3.05, 3.63) is 81.3 Å². The number of pyridine rings is 1. The highest BCUT2D eigenvalue weighted by atomic mass is 32.1. The number of hydrogen-bond acceptors (Lipinski definition) is 6. The molecule has 0 saturated carbocycles. The van der Waals surface area contributed by atoms with E-state index in [-0.39, 0.29) is 11.7 Å². The topological polar surface area (TPSA) is 132 Å². The quantitative estimate of drug-likeness (QED) is 0.159. The summed E-state index contributed by atoms with van der Waals surface area (Å²) in [6, 6.07) is 13.3. The Labute approximate surface area is 189 Å². The summed E-state index contributed by atoms with van der Waals surface area (Å²) in [5.74, 6) is -1.49. The van der Waals surface area contributed by atoms with Gasteiger partial charge in [-0.2, -0.15) is 4.73 Å². The number of nitrogens with two attached hydrogens (primary N) is 1. The molecule has 0 aliphatic carbocycles. The summed E-state index contributed by atoms with van der Waals surface area (Å²) in [5, 5.41) is 24.2. The summed E-state index contributed by atoms with van der Waals surface area (Å²) in [7, 11) is 1.31. The molecule has 32 heavy (non-hydrogen) atoms. The van der Waals surface area contributed by atoms with Gasteiger partial charge in [-0.15, -0.1) is 11.3 Å². The van der Waals surface area contributed by atoms with Gasteiger partial charge in [0, 0.05) is 29.1 Å². The Morgan fingerprint density at radius 2 is 2.03 bits per heavy atom. The zero-order valence-corrected chi connectivity index (χ0v) is 18.5. The molecule has 2 atom stereocenters. The predicted octanol–water partition coefficient (Wildman–Crippen LogP) is 2.48. The second kappa shape index (κ2) is 10.1. The first-order valence-corrected chi connectivity index (χ1v) is 10.8. The Hall–Kier alpha value is -3.72. The number of thiophene rings is 1. The van der Waals surface area contributed by atoms with Crippen molar-refractivity contribution in [3.8, 4) is 11.3 Å². The largest absolute Gasteiger partial charge is 0.618 e. The fraction of sp³-hybridized carbons (Fsp3) is 0.217. The van der Waals surface area contributed by atoms with Gasteiger partial charge in [-0.1, -0.05) is 18.2 Å². The SMILES string of the molecule is COC(=O)C(Cc1cccc(C(=N)N)c1)C(C)NC(=O)c1cc(-c2cccc[n+]2[O-])cs1. The summed E-state index contributed by atoms with van der Waals surface area (Å²) < 4.78 is 5.70. The molecule has 2 aromatic heterocycles. The third-order valence-corrected chi connectivity index (χ3v) is 6.03. The number of ether oxygens (including phenoxy) is 1. The van der Waals surface area contributed by atoms with Gasteiger partial charge in [0.05, 0.1) is 23.5 Å². The number of amidine groups is 1. The van der Waals surface area contributed by atoms with Gasteiger partial charge in [-0.05, 0) is 37.1 Å². The highest BCUT2D eigenvalue weighted by Crippen LogP contribution is 2.24. The molecule has 166 valence electrons. The number of benzene rings is 1. The molecule has 0 aliphatic rings. The molecule has 0 bridgehead atoms. The molecule has 0 saturated heterocycles. The van der Waals surface area contributed by atoms with E-state index in [1.54, 1.807) is 54.8 Å². The number of carbonyl (C=O) groups excluding carboxylic acids is 2. The van der Waals surface area contributed by atoms with Gasteiger partial charge in [-0.3, -0.25) is 15.0 Å². The van der Waals surface area contributed by atoms with E-state index in [1.807, 2.05) is 6.07 Å². The summed E-state index contributed by atoms with van der Waals surface area (Å²) in [5.41, 5.74) is 8.02. The highest BCUT2D eigenvalue weighted by Gasteiger charge is 2.28. The van der Waals surface area contributed by atoms with Crippen LogP contribution in [-0.4, -0.2) is 30.9 Å². The lowest BCUT2D eigenvalue weighted by molar-refractivity contribution is -0.593. The smallest absolute Gasteiger partial charge is 0.311 e. The Kier molecular flexibility index (Phi) is 7.21. The molecule has 4 N–H and O–H groups in total. The molecule has 0 spiro atoms. The van der Waals surface area contributed by atoms with E-state index in [9.17, 15) is 14.8 Å². The van der Waals surface area contributed by atoms with E-state index in [2.05, 4.69) is 5.32 Å². The summed E-state index contributed by atoms with van der Waals surface area (Å²) in [4.78, 5) is 25.7. The maximum Gasteiger partial charge on any atom is 0.311 e. The number of hydrogen-bond donors (Lipinski definition) is 3. The third kappa shape index (κ3) is 5.30. The molecule has 1 amide bonds.